The number of rotatable bonds is 2. The average Bonchev–Trinajstić information content (AvgIpc) is 2.94. The first-order valence-electron chi connectivity index (χ1n) is 5.93. The first kappa shape index (κ1) is 11.1. The smallest absolute Gasteiger partial charge is 0.136 e. The molecule has 3 aromatic rings. The van der Waals surface area contributed by atoms with Crippen molar-refractivity contribution in [2.45, 2.75) is 6.04 Å². The topological polar surface area (TPSA) is 57.8 Å². The van der Waals surface area contributed by atoms with E-state index in [4.69, 9.17) is 4.74 Å². The molecular formula is C12H10BrN5O. The summed E-state index contributed by atoms with van der Waals surface area (Å²) in [4.78, 5) is 4.15. The van der Waals surface area contributed by atoms with Crippen LogP contribution < -0.4 is 0 Å². The van der Waals surface area contributed by atoms with Crippen LogP contribution in [0.25, 0.3) is 16.6 Å². The van der Waals surface area contributed by atoms with Crippen LogP contribution in [0.3, 0.4) is 0 Å². The highest BCUT2D eigenvalue weighted by Crippen LogP contribution is 2.25. The molecule has 0 amide bonds. The Morgan fingerprint density at radius 2 is 2.21 bits per heavy atom. The van der Waals surface area contributed by atoms with E-state index in [1.54, 1.807) is 12.4 Å². The number of hydrogen-bond acceptors (Lipinski definition) is 4. The second kappa shape index (κ2) is 4.14. The zero-order chi connectivity index (χ0) is 12.8. The molecule has 0 aliphatic carbocycles. The van der Waals surface area contributed by atoms with E-state index in [0.717, 1.165) is 34.4 Å². The van der Waals surface area contributed by atoms with Crippen molar-refractivity contribution in [2.24, 2.45) is 0 Å². The highest BCUT2D eigenvalue weighted by atomic mass is 79.9. The zero-order valence-corrected chi connectivity index (χ0v) is 11.5. The Labute approximate surface area is 117 Å². The molecule has 0 bridgehead atoms. The highest BCUT2D eigenvalue weighted by Gasteiger charge is 2.21. The van der Waals surface area contributed by atoms with E-state index < -0.39 is 0 Å². The van der Waals surface area contributed by atoms with Crippen LogP contribution in [0.2, 0.25) is 0 Å². The van der Waals surface area contributed by atoms with Crippen molar-refractivity contribution >= 4 is 26.8 Å². The normalized spacial score (nSPS) is 15.8. The van der Waals surface area contributed by atoms with Gasteiger partial charge in [-0.1, -0.05) is 0 Å². The summed E-state index contributed by atoms with van der Waals surface area (Å²) in [6, 6.07) is 2.28. The molecule has 3 aromatic heterocycles. The van der Waals surface area contributed by atoms with Gasteiger partial charge >= 0.3 is 0 Å². The van der Waals surface area contributed by atoms with Gasteiger partial charge in [-0.05, 0) is 22.0 Å². The lowest BCUT2D eigenvalue weighted by molar-refractivity contribution is -0.0286. The molecule has 0 N–H and O–H groups in total. The maximum absolute atomic E-state index is 5.18. The van der Waals surface area contributed by atoms with Gasteiger partial charge in [0, 0.05) is 11.6 Å². The monoisotopic (exact) mass is 319 g/mol. The molecule has 1 aliphatic heterocycles. The van der Waals surface area contributed by atoms with Crippen LogP contribution in [0, 0.1) is 0 Å². The second-order valence-corrected chi connectivity index (χ2v) is 5.22. The summed E-state index contributed by atoms with van der Waals surface area (Å²) in [6.45, 7) is 1.46. The van der Waals surface area contributed by atoms with Gasteiger partial charge in [0.05, 0.1) is 43.4 Å². The molecule has 1 aliphatic rings. The molecule has 0 spiro atoms. The Bertz CT molecular complexity index is 746. The molecule has 1 saturated heterocycles. The van der Waals surface area contributed by atoms with E-state index in [2.05, 4.69) is 31.1 Å². The lowest BCUT2D eigenvalue weighted by atomic mass is 10.3. The molecule has 19 heavy (non-hydrogen) atoms. The van der Waals surface area contributed by atoms with Crippen LogP contribution in [0.1, 0.15) is 6.04 Å². The van der Waals surface area contributed by atoms with Gasteiger partial charge in [-0.15, -0.1) is 0 Å². The fraction of sp³-hybridized carbons (Fsp3) is 0.250. The van der Waals surface area contributed by atoms with E-state index in [1.165, 1.54) is 0 Å². The van der Waals surface area contributed by atoms with Crippen molar-refractivity contribution in [3.8, 4) is 5.69 Å². The van der Waals surface area contributed by atoms with Crippen molar-refractivity contribution in [1.29, 1.82) is 0 Å². The molecule has 0 saturated carbocycles. The van der Waals surface area contributed by atoms with Crippen LogP contribution in [0.15, 0.2) is 35.5 Å². The van der Waals surface area contributed by atoms with E-state index in [9.17, 15) is 0 Å². The molecule has 4 rings (SSSR count). The molecule has 0 unspecified atom stereocenters. The fourth-order valence-corrected chi connectivity index (χ4v) is 2.63. The summed E-state index contributed by atoms with van der Waals surface area (Å²) >= 11 is 3.47. The molecule has 6 nitrogen and oxygen atoms in total. The van der Waals surface area contributed by atoms with E-state index >= 15 is 0 Å². The lowest BCUT2D eigenvalue weighted by Gasteiger charge is -2.25. The third-order valence-corrected chi connectivity index (χ3v) is 3.85. The maximum Gasteiger partial charge on any atom is 0.136 e. The summed E-state index contributed by atoms with van der Waals surface area (Å²) in [5.74, 6) is 0. The maximum atomic E-state index is 5.18. The summed E-state index contributed by atoms with van der Waals surface area (Å²) in [5.41, 5.74) is 1.88. The number of nitrogens with zero attached hydrogens (tertiary/aromatic N) is 5. The van der Waals surface area contributed by atoms with Crippen molar-refractivity contribution < 1.29 is 4.74 Å². The van der Waals surface area contributed by atoms with E-state index in [-0.39, 0.29) is 0 Å². The van der Waals surface area contributed by atoms with Crippen molar-refractivity contribution in [1.82, 2.24) is 24.5 Å². The number of fused-ring (bicyclic) bond motifs is 1. The minimum atomic E-state index is 0.345. The number of ether oxygens (including phenoxy) is 1. The Hall–Kier alpha value is -1.73. The first-order chi connectivity index (χ1) is 9.33. The van der Waals surface area contributed by atoms with Crippen molar-refractivity contribution in [3.63, 3.8) is 0 Å². The molecule has 4 heterocycles. The quantitative estimate of drug-likeness (QED) is 0.724. The number of pyridine rings is 1. The standard InChI is InChI=1S/C12H10BrN5O/c13-12-10-1-2-14-4-11(10)18(16-12)8-3-15-17(5-8)9-6-19-7-9/h1-5,9H,6-7H2. The molecule has 0 atom stereocenters. The summed E-state index contributed by atoms with van der Waals surface area (Å²) in [6.07, 6.45) is 7.36. The van der Waals surface area contributed by atoms with Gasteiger partial charge in [0.25, 0.3) is 0 Å². The fourth-order valence-electron chi connectivity index (χ4n) is 2.13. The minimum absolute atomic E-state index is 0.345. The molecule has 0 radical (unpaired) electrons. The predicted octanol–water partition coefficient (Wildman–Crippen LogP) is 1.95. The average molecular weight is 320 g/mol. The SMILES string of the molecule is Brc1nn(-c2cnn(C3COC3)c2)c2cnccc12. The Morgan fingerprint density at radius 1 is 1.32 bits per heavy atom. The Kier molecular flexibility index (Phi) is 2.42. The van der Waals surface area contributed by atoms with Crippen LogP contribution in [-0.4, -0.2) is 37.8 Å². The summed E-state index contributed by atoms with van der Waals surface area (Å²) in [5, 5.41) is 9.89. The van der Waals surface area contributed by atoms with Gasteiger partial charge in [0.1, 0.15) is 10.3 Å². The molecule has 1 fully saturated rings. The van der Waals surface area contributed by atoms with Gasteiger partial charge in [0.2, 0.25) is 0 Å². The van der Waals surface area contributed by atoms with Crippen LogP contribution in [0.4, 0.5) is 0 Å². The van der Waals surface area contributed by atoms with Crippen LogP contribution >= 0.6 is 15.9 Å². The van der Waals surface area contributed by atoms with Crippen LogP contribution in [0.5, 0.6) is 0 Å². The third kappa shape index (κ3) is 1.69. The first-order valence-corrected chi connectivity index (χ1v) is 6.73. The molecule has 96 valence electrons. The van der Waals surface area contributed by atoms with Crippen LogP contribution in [-0.2, 0) is 4.74 Å². The Balaban J connectivity index is 1.83. The van der Waals surface area contributed by atoms with Gasteiger partial charge < -0.3 is 4.74 Å². The van der Waals surface area contributed by atoms with E-state index in [0.29, 0.717) is 6.04 Å². The Morgan fingerprint density at radius 3 is 3.00 bits per heavy atom. The van der Waals surface area contributed by atoms with Crippen molar-refractivity contribution in [3.05, 3.63) is 35.5 Å². The second-order valence-electron chi connectivity index (χ2n) is 4.47. The van der Waals surface area contributed by atoms with E-state index in [1.807, 2.05) is 27.8 Å². The molecular weight excluding hydrogens is 310 g/mol. The summed E-state index contributed by atoms with van der Waals surface area (Å²) in [7, 11) is 0. The predicted molar refractivity (Wildman–Crippen MR) is 72.2 cm³/mol. The van der Waals surface area contributed by atoms with Gasteiger partial charge in [-0.3, -0.25) is 9.67 Å². The van der Waals surface area contributed by atoms with Gasteiger partial charge in [-0.25, -0.2) is 4.68 Å². The number of hydrogen-bond donors (Lipinski definition) is 0. The minimum Gasteiger partial charge on any atom is -0.377 e. The molecule has 7 heteroatoms. The number of halogens is 1. The third-order valence-electron chi connectivity index (χ3n) is 3.27. The highest BCUT2D eigenvalue weighted by molar-refractivity contribution is 9.10. The largest absolute Gasteiger partial charge is 0.377 e. The lowest BCUT2D eigenvalue weighted by Crippen LogP contribution is -2.30. The number of aromatic nitrogens is 5. The van der Waals surface area contributed by atoms with Gasteiger partial charge in [-0.2, -0.15) is 10.2 Å². The molecule has 0 aromatic carbocycles. The van der Waals surface area contributed by atoms with Gasteiger partial charge in [0.15, 0.2) is 0 Å². The zero-order valence-electron chi connectivity index (χ0n) is 9.90. The summed E-state index contributed by atoms with van der Waals surface area (Å²) < 4.78 is 9.76. The van der Waals surface area contributed by atoms with Crippen molar-refractivity contribution in [2.75, 3.05) is 13.2 Å².